The van der Waals surface area contributed by atoms with Gasteiger partial charge in [-0.25, -0.2) is 9.59 Å². The fourth-order valence-electron chi connectivity index (χ4n) is 3.59. The molecule has 182 valence electrons. The number of benzene rings is 2. The third kappa shape index (κ3) is 5.92. The monoisotopic (exact) mass is 478 g/mol. The summed E-state index contributed by atoms with van der Waals surface area (Å²) in [6.45, 7) is 4.00. The second-order valence-corrected chi connectivity index (χ2v) is 7.40. The third-order valence-corrected chi connectivity index (χ3v) is 5.19. The van der Waals surface area contributed by atoms with Crippen molar-refractivity contribution in [3.63, 3.8) is 0 Å². The molecule has 9 heteroatoms. The first-order chi connectivity index (χ1) is 16.9. The number of rotatable bonds is 9. The molecule has 1 aliphatic heterocycles. The van der Waals surface area contributed by atoms with Crippen LogP contribution in [0.15, 0.2) is 71.3 Å². The molecular weight excluding hydrogens is 452 g/mol. The largest absolute Gasteiger partial charge is 0.490 e. The van der Waals surface area contributed by atoms with Gasteiger partial charge in [0.25, 0.3) is 0 Å². The summed E-state index contributed by atoms with van der Waals surface area (Å²) in [5.41, 5.74) is 7.35. The fourth-order valence-corrected chi connectivity index (χ4v) is 3.59. The lowest BCUT2D eigenvalue weighted by molar-refractivity contribution is -0.139. The van der Waals surface area contributed by atoms with E-state index in [-0.39, 0.29) is 36.8 Å². The Hall–Kier alpha value is -4.45. The molecule has 1 unspecified atom stereocenters. The maximum absolute atomic E-state index is 12.6. The molecule has 2 aromatic carbocycles. The van der Waals surface area contributed by atoms with Crippen LogP contribution in [-0.2, 0) is 19.0 Å². The Labute approximate surface area is 203 Å². The van der Waals surface area contributed by atoms with Crippen molar-refractivity contribution in [3.05, 3.63) is 82.4 Å². The summed E-state index contributed by atoms with van der Waals surface area (Å²) in [6, 6.07) is 15.7. The van der Waals surface area contributed by atoms with Crippen LogP contribution in [0.5, 0.6) is 11.5 Å². The van der Waals surface area contributed by atoms with Crippen molar-refractivity contribution in [1.29, 1.82) is 5.26 Å². The van der Waals surface area contributed by atoms with Gasteiger partial charge in [0.05, 0.1) is 30.8 Å². The van der Waals surface area contributed by atoms with Crippen molar-refractivity contribution in [1.82, 2.24) is 0 Å². The van der Waals surface area contributed by atoms with Crippen LogP contribution >= 0.6 is 0 Å². The molecule has 0 bridgehead atoms. The molecule has 1 aliphatic rings. The summed E-state index contributed by atoms with van der Waals surface area (Å²) in [6.07, 6.45) is 0. The number of hydrogen-bond acceptors (Lipinski definition) is 9. The molecule has 1 heterocycles. The van der Waals surface area contributed by atoms with Crippen molar-refractivity contribution in [2.24, 2.45) is 5.73 Å². The Kier molecular flexibility index (Phi) is 8.35. The van der Waals surface area contributed by atoms with Crippen LogP contribution in [0.2, 0.25) is 0 Å². The average Bonchev–Trinajstić information content (AvgIpc) is 2.86. The number of ether oxygens (including phenoxy) is 5. The summed E-state index contributed by atoms with van der Waals surface area (Å²) >= 11 is 0. The minimum atomic E-state index is -0.715. The molecule has 2 N–H and O–H groups in total. The first kappa shape index (κ1) is 25.2. The number of hydrogen-bond donors (Lipinski definition) is 1. The van der Waals surface area contributed by atoms with E-state index in [2.05, 4.69) is 0 Å². The smallest absolute Gasteiger partial charge is 0.338 e. The zero-order valence-electron chi connectivity index (χ0n) is 19.7. The number of carbonyl (C=O) groups is 2. The SMILES string of the molecule is CCOC(=O)C1=C(C)OC(N)=C(C#N)C1c1ccc(OCCOc2cccc(C(=O)OC)c2)cc1. The van der Waals surface area contributed by atoms with E-state index in [1.165, 1.54) is 7.11 Å². The van der Waals surface area contributed by atoms with Crippen molar-refractivity contribution in [3.8, 4) is 17.6 Å². The van der Waals surface area contributed by atoms with Gasteiger partial charge in [0.15, 0.2) is 0 Å². The molecule has 35 heavy (non-hydrogen) atoms. The molecule has 0 spiro atoms. The first-order valence-corrected chi connectivity index (χ1v) is 10.9. The molecule has 9 nitrogen and oxygen atoms in total. The summed E-state index contributed by atoms with van der Waals surface area (Å²) in [5.74, 6) is -0.384. The molecule has 0 radical (unpaired) electrons. The van der Waals surface area contributed by atoms with Crippen molar-refractivity contribution >= 4 is 11.9 Å². The number of carbonyl (C=O) groups excluding carboxylic acids is 2. The molecule has 0 aliphatic carbocycles. The minimum Gasteiger partial charge on any atom is -0.490 e. The van der Waals surface area contributed by atoms with Gasteiger partial charge in [0.2, 0.25) is 5.88 Å². The number of nitrogens with zero attached hydrogens (tertiary/aromatic N) is 1. The number of methoxy groups -OCH3 is 1. The zero-order chi connectivity index (χ0) is 25.4. The third-order valence-electron chi connectivity index (χ3n) is 5.19. The van der Waals surface area contributed by atoms with Gasteiger partial charge in [-0.1, -0.05) is 18.2 Å². The van der Waals surface area contributed by atoms with Crippen LogP contribution in [0.1, 0.15) is 35.7 Å². The number of nitrogens with two attached hydrogens (primary N) is 1. The maximum atomic E-state index is 12.6. The minimum absolute atomic E-state index is 0.0446. The molecular formula is C26H26N2O7. The van der Waals surface area contributed by atoms with E-state index in [0.29, 0.717) is 28.4 Å². The van der Waals surface area contributed by atoms with Crippen molar-refractivity contribution in [2.45, 2.75) is 19.8 Å². The zero-order valence-corrected chi connectivity index (χ0v) is 19.7. The van der Waals surface area contributed by atoms with E-state index in [1.807, 2.05) is 6.07 Å². The van der Waals surface area contributed by atoms with Gasteiger partial charge in [0, 0.05) is 0 Å². The molecule has 1 atom stereocenters. The van der Waals surface area contributed by atoms with Crippen LogP contribution in [0, 0.1) is 11.3 Å². The molecule has 0 aromatic heterocycles. The second-order valence-electron chi connectivity index (χ2n) is 7.40. The Morgan fingerprint density at radius 3 is 2.37 bits per heavy atom. The maximum Gasteiger partial charge on any atom is 0.338 e. The van der Waals surface area contributed by atoms with Gasteiger partial charge in [-0.2, -0.15) is 5.26 Å². The predicted molar refractivity (Wildman–Crippen MR) is 125 cm³/mol. The van der Waals surface area contributed by atoms with Crippen LogP contribution in [0.25, 0.3) is 0 Å². The highest BCUT2D eigenvalue weighted by Gasteiger charge is 2.36. The number of esters is 2. The standard InChI is InChI=1S/C26H26N2O7/c1-4-32-26(30)22-16(2)35-24(28)21(15-27)23(22)17-8-10-19(11-9-17)33-12-13-34-20-7-5-6-18(14-20)25(29)31-3/h5-11,14,23H,4,12-13,28H2,1-3H3. The quantitative estimate of drug-likeness (QED) is 0.424. The summed E-state index contributed by atoms with van der Waals surface area (Å²) in [7, 11) is 1.32. The van der Waals surface area contributed by atoms with Crippen molar-refractivity contribution in [2.75, 3.05) is 26.9 Å². The van der Waals surface area contributed by atoms with Gasteiger partial charge < -0.3 is 29.4 Å². The molecule has 3 rings (SSSR count). The highest BCUT2D eigenvalue weighted by Crippen LogP contribution is 2.39. The first-order valence-electron chi connectivity index (χ1n) is 10.9. The van der Waals surface area contributed by atoms with Crippen LogP contribution in [0.3, 0.4) is 0 Å². The van der Waals surface area contributed by atoms with E-state index < -0.39 is 17.9 Å². The lowest BCUT2D eigenvalue weighted by atomic mass is 9.83. The van der Waals surface area contributed by atoms with Gasteiger partial charge in [-0.05, 0) is 49.7 Å². The molecule has 0 saturated carbocycles. The van der Waals surface area contributed by atoms with Crippen LogP contribution in [-0.4, -0.2) is 38.9 Å². The number of nitriles is 1. The molecule has 0 saturated heterocycles. The van der Waals surface area contributed by atoms with Gasteiger partial charge >= 0.3 is 11.9 Å². The predicted octanol–water partition coefficient (Wildman–Crippen LogP) is 3.58. The lowest BCUT2D eigenvalue weighted by Gasteiger charge is -2.26. The van der Waals surface area contributed by atoms with Gasteiger partial charge in [-0.15, -0.1) is 0 Å². The second kappa shape index (κ2) is 11.6. The highest BCUT2D eigenvalue weighted by molar-refractivity contribution is 5.92. The van der Waals surface area contributed by atoms with Crippen molar-refractivity contribution < 1.29 is 33.3 Å². The fraction of sp³-hybridized carbons (Fsp3) is 0.269. The molecule has 2 aromatic rings. The van der Waals surface area contributed by atoms with Crippen LogP contribution in [0.4, 0.5) is 0 Å². The topological polar surface area (TPSA) is 130 Å². The Morgan fingerprint density at radius 2 is 1.74 bits per heavy atom. The van der Waals surface area contributed by atoms with E-state index in [0.717, 1.165) is 0 Å². The Balaban J connectivity index is 1.67. The Bertz CT molecular complexity index is 1190. The Morgan fingerprint density at radius 1 is 1.06 bits per heavy atom. The van der Waals surface area contributed by atoms with E-state index >= 15 is 0 Å². The van der Waals surface area contributed by atoms with Crippen LogP contribution < -0.4 is 15.2 Å². The van der Waals surface area contributed by atoms with E-state index in [9.17, 15) is 14.9 Å². The molecule has 0 amide bonds. The molecule has 0 fully saturated rings. The summed E-state index contributed by atoms with van der Waals surface area (Å²) in [4.78, 5) is 24.2. The van der Waals surface area contributed by atoms with Gasteiger partial charge in [-0.3, -0.25) is 0 Å². The van der Waals surface area contributed by atoms with Gasteiger partial charge in [0.1, 0.15) is 42.1 Å². The summed E-state index contributed by atoms with van der Waals surface area (Å²) < 4.78 is 26.7. The summed E-state index contributed by atoms with van der Waals surface area (Å²) in [5, 5.41) is 9.66. The highest BCUT2D eigenvalue weighted by atomic mass is 16.5. The van der Waals surface area contributed by atoms with E-state index in [1.54, 1.807) is 62.4 Å². The average molecular weight is 479 g/mol. The normalized spacial score (nSPS) is 15.1. The lowest BCUT2D eigenvalue weighted by Crippen LogP contribution is -2.25. The number of allylic oxidation sites excluding steroid dienone is 2. The van der Waals surface area contributed by atoms with E-state index in [4.69, 9.17) is 29.4 Å².